The summed E-state index contributed by atoms with van der Waals surface area (Å²) in [5, 5.41) is 12.5. The van der Waals surface area contributed by atoms with Crippen molar-refractivity contribution in [2.24, 2.45) is 0 Å². The predicted molar refractivity (Wildman–Crippen MR) is 125 cm³/mol. The topological polar surface area (TPSA) is 66.4 Å². The molecule has 0 unspecified atom stereocenters. The fraction of sp³-hybridized carbons (Fsp3) is 0. The lowest BCUT2D eigenvalue weighted by Crippen LogP contribution is -2.28. The Labute approximate surface area is 184 Å². The van der Waals surface area contributed by atoms with E-state index in [0.717, 1.165) is 20.9 Å². The SMILES string of the molecule is O=C(O)C(NC(=O)c1ccccc1)=C1C=C(c2ccccc2)SC(c2ccccc2)=C1. The molecule has 0 saturated carbocycles. The second-order valence-corrected chi connectivity index (χ2v) is 7.89. The largest absolute Gasteiger partial charge is 0.477 e. The molecule has 0 fully saturated rings. The van der Waals surface area contributed by atoms with Crippen LogP contribution in [-0.2, 0) is 4.79 Å². The number of hydrogen-bond acceptors (Lipinski definition) is 3. The minimum Gasteiger partial charge on any atom is -0.477 e. The Morgan fingerprint density at radius 3 is 1.58 bits per heavy atom. The number of rotatable bonds is 5. The molecule has 1 amide bonds. The summed E-state index contributed by atoms with van der Waals surface area (Å²) in [5.41, 5.74) is 2.63. The van der Waals surface area contributed by atoms with Gasteiger partial charge < -0.3 is 10.4 Å². The minimum atomic E-state index is -1.20. The van der Waals surface area contributed by atoms with E-state index in [1.165, 1.54) is 0 Å². The lowest BCUT2D eigenvalue weighted by Gasteiger charge is -2.19. The van der Waals surface area contributed by atoms with Gasteiger partial charge in [0.25, 0.3) is 5.91 Å². The van der Waals surface area contributed by atoms with Crippen LogP contribution < -0.4 is 5.32 Å². The van der Waals surface area contributed by atoms with Crippen LogP contribution >= 0.6 is 11.8 Å². The molecule has 0 radical (unpaired) electrons. The maximum atomic E-state index is 12.7. The van der Waals surface area contributed by atoms with Crippen molar-refractivity contribution < 1.29 is 14.7 Å². The summed E-state index contributed by atoms with van der Waals surface area (Å²) >= 11 is 1.57. The number of amides is 1. The van der Waals surface area contributed by atoms with Gasteiger partial charge in [-0.1, -0.05) is 90.6 Å². The van der Waals surface area contributed by atoms with E-state index in [-0.39, 0.29) is 5.70 Å². The van der Waals surface area contributed by atoms with Crippen molar-refractivity contribution in [2.45, 2.75) is 0 Å². The Morgan fingerprint density at radius 2 is 1.13 bits per heavy atom. The highest BCUT2D eigenvalue weighted by Gasteiger charge is 2.21. The van der Waals surface area contributed by atoms with Crippen LogP contribution in [0.1, 0.15) is 21.5 Å². The third-order valence-electron chi connectivity index (χ3n) is 4.69. The first kappa shape index (κ1) is 20.4. The number of carboxylic acids is 1. The van der Waals surface area contributed by atoms with E-state index in [1.54, 1.807) is 54.2 Å². The lowest BCUT2D eigenvalue weighted by atomic mass is 10.1. The number of carbonyl (C=O) groups excluding carboxylic acids is 1. The normalized spacial score (nSPS) is 13.1. The number of nitrogens with one attached hydrogen (secondary N) is 1. The molecule has 1 aliphatic heterocycles. The number of carboxylic acid groups (broad SMARTS) is 1. The fourth-order valence-corrected chi connectivity index (χ4v) is 4.28. The number of allylic oxidation sites excluding steroid dienone is 3. The maximum Gasteiger partial charge on any atom is 0.353 e. The second-order valence-electron chi connectivity index (χ2n) is 6.81. The molecule has 3 aromatic carbocycles. The molecular weight excluding hydrogens is 406 g/mol. The Balaban J connectivity index is 1.81. The Hall–Kier alpha value is -3.83. The van der Waals surface area contributed by atoms with Crippen LogP contribution in [0.15, 0.2) is 114 Å². The number of thioether (sulfide) groups is 1. The van der Waals surface area contributed by atoms with Crippen LogP contribution in [0.4, 0.5) is 0 Å². The van der Waals surface area contributed by atoms with Gasteiger partial charge in [-0.05, 0) is 35.4 Å². The van der Waals surface area contributed by atoms with Crippen LogP contribution in [0, 0.1) is 0 Å². The molecule has 152 valence electrons. The average Bonchev–Trinajstić information content (AvgIpc) is 2.83. The van der Waals surface area contributed by atoms with E-state index in [4.69, 9.17) is 0 Å². The van der Waals surface area contributed by atoms with Crippen molar-refractivity contribution in [1.82, 2.24) is 5.32 Å². The zero-order valence-electron chi connectivity index (χ0n) is 16.5. The van der Waals surface area contributed by atoms with Gasteiger partial charge in [-0.2, -0.15) is 0 Å². The Morgan fingerprint density at radius 1 is 0.677 bits per heavy atom. The van der Waals surface area contributed by atoms with Crippen LogP contribution in [-0.4, -0.2) is 17.0 Å². The summed E-state index contributed by atoms with van der Waals surface area (Å²) in [7, 11) is 0. The first-order valence-electron chi connectivity index (χ1n) is 9.68. The smallest absolute Gasteiger partial charge is 0.353 e. The molecular formula is C26H19NO3S. The highest BCUT2D eigenvalue weighted by molar-refractivity contribution is 8.16. The van der Waals surface area contributed by atoms with Crippen LogP contribution in [0.5, 0.6) is 0 Å². The summed E-state index contributed by atoms with van der Waals surface area (Å²) in [6, 6.07) is 28.1. The van der Waals surface area contributed by atoms with Crippen molar-refractivity contribution >= 4 is 33.4 Å². The maximum absolute atomic E-state index is 12.7. The molecule has 2 N–H and O–H groups in total. The second kappa shape index (κ2) is 9.32. The van der Waals surface area contributed by atoms with Gasteiger partial charge in [0, 0.05) is 20.9 Å². The van der Waals surface area contributed by atoms with Gasteiger partial charge in [0.15, 0.2) is 0 Å². The quantitative estimate of drug-likeness (QED) is 0.524. The molecule has 0 bridgehead atoms. The molecule has 3 aromatic rings. The number of hydrogen-bond donors (Lipinski definition) is 2. The van der Waals surface area contributed by atoms with Crippen molar-refractivity contribution in [3.8, 4) is 0 Å². The minimum absolute atomic E-state index is 0.156. The summed E-state index contributed by atoms with van der Waals surface area (Å²) in [5.74, 6) is -1.66. The van der Waals surface area contributed by atoms with Crippen molar-refractivity contribution in [3.63, 3.8) is 0 Å². The molecule has 0 aromatic heterocycles. The molecule has 5 heteroatoms. The van der Waals surface area contributed by atoms with Crippen molar-refractivity contribution in [1.29, 1.82) is 0 Å². The summed E-state index contributed by atoms with van der Waals surface area (Å²) in [4.78, 5) is 26.6. The summed E-state index contributed by atoms with van der Waals surface area (Å²) in [6.45, 7) is 0. The molecule has 4 nitrogen and oxygen atoms in total. The molecule has 1 aliphatic rings. The highest BCUT2D eigenvalue weighted by Crippen LogP contribution is 2.44. The van der Waals surface area contributed by atoms with Gasteiger partial charge in [0.05, 0.1) is 0 Å². The van der Waals surface area contributed by atoms with Gasteiger partial charge >= 0.3 is 5.97 Å². The van der Waals surface area contributed by atoms with Crippen molar-refractivity contribution in [2.75, 3.05) is 0 Å². The van der Waals surface area contributed by atoms with Gasteiger partial charge in [0.1, 0.15) is 5.70 Å². The van der Waals surface area contributed by atoms with E-state index in [1.807, 2.05) is 60.7 Å². The van der Waals surface area contributed by atoms with E-state index < -0.39 is 11.9 Å². The average molecular weight is 426 g/mol. The zero-order valence-corrected chi connectivity index (χ0v) is 17.3. The molecule has 4 rings (SSSR count). The summed E-state index contributed by atoms with van der Waals surface area (Å²) < 4.78 is 0. The molecule has 0 aliphatic carbocycles. The summed E-state index contributed by atoms with van der Waals surface area (Å²) in [6.07, 6.45) is 3.61. The lowest BCUT2D eigenvalue weighted by molar-refractivity contribution is -0.133. The van der Waals surface area contributed by atoms with E-state index in [2.05, 4.69) is 5.32 Å². The van der Waals surface area contributed by atoms with E-state index in [9.17, 15) is 14.7 Å². The molecule has 1 heterocycles. The molecule has 0 atom stereocenters. The number of carbonyl (C=O) groups is 2. The van der Waals surface area contributed by atoms with Crippen molar-refractivity contribution in [3.05, 3.63) is 131 Å². The first-order chi connectivity index (χ1) is 15.1. The first-order valence-corrected chi connectivity index (χ1v) is 10.5. The zero-order chi connectivity index (χ0) is 21.6. The Kier molecular flexibility index (Phi) is 6.15. The predicted octanol–water partition coefficient (Wildman–Crippen LogP) is 5.58. The third kappa shape index (κ3) is 4.85. The highest BCUT2D eigenvalue weighted by atomic mass is 32.2. The Bertz CT molecular complexity index is 1140. The van der Waals surface area contributed by atoms with Gasteiger partial charge in [-0.3, -0.25) is 4.79 Å². The molecule has 31 heavy (non-hydrogen) atoms. The van der Waals surface area contributed by atoms with Gasteiger partial charge in [-0.25, -0.2) is 4.79 Å². The monoisotopic (exact) mass is 425 g/mol. The van der Waals surface area contributed by atoms with E-state index >= 15 is 0 Å². The van der Waals surface area contributed by atoms with Crippen LogP contribution in [0.2, 0.25) is 0 Å². The molecule has 0 saturated heterocycles. The number of benzene rings is 3. The fourth-order valence-electron chi connectivity index (χ4n) is 3.16. The number of aliphatic carboxylic acids is 1. The third-order valence-corrected chi connectivity index (χ3v) is 5.83. The standard InChI is InChI=1S/C26H19NO3S/c28-25(20-14-8-3-9-15-20)27-24(26(29)30)21-16-22(18-10-4-1-5-11-18)31-23(17-21)19-12-6-2-7-13-19/h1-17H,(H,27,28)(H,29,30). The van der Waals surface area contributed by atoms with Crippen LogP contribution in [0.3, 0.4) is 0 Å². The van der Waals surface area contributed by atoms with E-state index in [0.29, 0.717) is 11.1 Å². The van der Waals surface area contributed by atoms with Gasteiger partial charge in [-0.15, -0.1) is 0 Å². The molecule has 0 spiro atoms. The van der Waals surface area contributed by atoms with Gasteiger partial charge in [0.2, 0.25) is 0 Å². The van der Waals surface area contributed by atoms with Crippen LogP contribution in [0.25, 0.3) is 9.81 Å².